The van der Waals surface area contributed by atoms with E-state index in [1.165, 1.54) is 0 Å². The maximum Gasteiger partial charge on any atom is 0.250 e. The molecule has 0 saturated heterocycles. The molecule has 2 N–H and O–H groups in total. The molecule has 0 bridgehead atoms. The van der Waals surface area contributed by atoms with Crippen molar-refractivity contribution in [1.29, 1.82) is 0 Å². The minimum Gasteiger partial charge on any atom is -0.372 e. The van der Waals surface area contributed by atoms with Crippen LogP contribution in [0.15, 0.2) is 12.1 Å². The molecule has 0 saturated carbocycles. The van der Waals surface area contributed by atoms with E-state index in [-0.39, 0.29) is 36.4 Å². The van der Waals surface area contributed by atoms with Crippen molar-refractivity contribution in [3.05, 3.63) is 29.1 Å². The van der Waals surface area contributed by atoms with E-state index in [0.717, 1.165) is 18.5 Å². The minimum absolute atomic E-state index is 0. The third-order valence-corrected chi connectivity index (χ3v) is 3.06. The van der Waals surface area contributed by atoms with Gasteiger partial charge in [0, 0.05) is 13.2 Å². The first-order chi connectivity index (χ1) is 9.22. The molecule has 0 atom stereocenters. The highest BCUT2D eigenvalue weighted by Gasteiger charge is 2.17. The SMILES string of the molecule is CCCOCC(=O)Nc1ccc2c(c1F)CCNC2.Cl. The van der Waals surface area contributed by atoms with E-state index in [0.29, 0.717) is 25.1 Å². The van der Waals surface area contributed by atoms with Crippen molar-refractivity contribution in [3.8, 4) is 0 Å². The highest BCUT2D eigenvalue weighted by molar-refractivity contribution is 5.92. The van der Waals surface area contributed by atoms with Crippen LogP contribution in [-0.4, -0.2) is 25.7 Å². The van der Waals surface area contributed by atoms with Gasteiger partial charge in [-0.05, 0) is 36.6 Å². The molecule has 4 nitrogen and oxygen atoms in total. The van der Waals surface area contributed by atoms with Gasteiger partial charge in [-0.2, -0.15) is 0 Å². The van der Waals surface area contributed by atoms with E-state index in [1.54, 1.807) is 6.07 Å². The number of nitrogens with one attached hydrogen (secondary N) is 2. The van der Waals surface area contributed by atoms with Crippen LogP contribution < -0.4 is 10.6 Å². The van der Waals surface area contributed by atoms with Crippen molar-refractivity contribution >= 4 is 24.0 Å². The van der Waals surface area contributed by atoms with Crippen LogP contribution in [0.4, 0.5) is 10.1 Å². The van der Waals surface area contributed by atoms with Crippen LogP contribution in [0, 0.1) is 5.82 Å². The predicted molar refractivity (Wildman–Crippen MR) is 78.8 cm³/mol. The first kappa shape index (κ1) is 16.9. The van der Waals surface area contributed by atoms with Gasteiger partial charge < -0.3 is 15.4 Å². The molecule has 1 heterocycles. The van der Waals surface area contributed by atoms with Gasteiger partial charge in [-0.15, -0.1) is 12.4 Å². The van der Waals surface area contributed by atoms with E-state index in [2.05, 4.69) is 10.6 Å². The number of hydrogen-bond acceptors (Lipinski definition) is 3. The van der Waals surface area contributed by atoms with E-state index >= 15 is 0 Å². The third-order valence-electron chi connectivity index (χ3n) is 3.06. The Balaban J connectivity index is 0.00000200. The van der Waals surface area contributed by atoms with Gasteiger partial charge in [0.2, 0.25) is 5.91 Å². The van der Waals surface area contributed by atoms with E-state index in [1.807, 2.05) is 13.0 Å². The lowest BCUT2D eigenvalue weighted by molar-refractivity contribution is -0.120. The zero-order valence-electron chi connectivity index (χ0n) is 11.5. The fraction of sp³-hybridized carbons (Fsp3) is 0.500. The molecule has 1 aromatic rings. The van der Waals surface area contributed by atoms with Gasteiger partial charge in [-0.25, -0.2) is 4.39 Å². The van der Waals surface area contributed by atoms with E-state index in [4.69, 9.17) is 4.74 Å². The smallest absolute Gasteiger partial charge is 0.250 e. The largest absolute Gasteiger partial charge is 0.372 e. The number of rotatable bonds is 5. The number of ether oxygens (including phenoxy) is 1. The highest BCUT2D eigenvalue weighted by atomic mass is 35.5. The first-order valence-electron chi connectivity index (χ1n) is 6.61. The molecule has 20 heavy (non-hydrogen) atoms. The van der Waals surface area contributed by atoms with Crippen molar-refractivity contribution in [2.75, 3.05) is 25.1 Å². The first-order valence-corrected chi connectivity index (χ1v) is 6.61. The van der Waals surface area contributed by atoms with Gasteiger partial charge >= 0.3 is 0 Å². The van der Waals surface area contributed by atoms with Crippen molar-refractivity contribution in [1.82, 2.24) is 5.32 Å². The number of anilines is 1. The summed E-state index contributed by atoms with van der Waals surface area (Å²) in [5, 5.41) is 5.75. The molecule has 0 unspecified atom stereocenters. The molecule has 0 fully saturated rings. The fourth-order valence-electron chi connectivity index (χ4n) is 2.13. The van der Waals surface area contributed by atoms with Gasteiger partial charge in [-0.3, -0.25) is 4.79 Å². The van der Waals surface area contributed by atoms with Crippen LogP contribution in [0.25, 0.3) is 0 Å². The molecule has 6 heteroatoms. The molecular formula is C14H20ClFN2O2. The molecule has 1 aliphatic heterocycles. The summed E-state index contributed by atoms with van der Waals surface area (Å²) < 4.78 is 19.3. The average Bonchev–Trinajstić information content (AvgIpc) is 2.43. The van der Waals surface area contributed by atoms with Crippen LogP contribution in [0.5, 0.6) is 0 Å². The zero-order valence-corrected chi connectivity index (χ0v) is 12.3. The molecule has 0 aliphatic carbocycles. The topological polar surface area (TPSA) is 50.4 Å². The second-order valence-corrected chi connectivity index (χ2v) is 4.59. The fourth-order valence-corrected chi connectivity index (χ4v) is 2.13. The number of hydrogen-bond donors (Lipinski definition) is 2. The molecule has 1 aliphatic rings. The van der Waals surface area contributed by atoms with Gasteiger partial charge in [0.25, 0.3) is 0 Å². The lowest BCUT2D eigenvalue weighted by Crippen LogP contribution is -2.25. The van der Waals surface area contributed by atoms with Gasteiger partial charge in [-0.1, -0.05) is 13.0 Å². The number of fused-ring (bicyclic) bond motifs is 1. The number of benzene rings is 1. The number of amides is 1. The van der Waals surface area contributed by atoms with Gasteiger partial charge in [0.05, 0.1) is 5.69 Å². The Morgan fingerprint density at radius 1 is 1.50 bits per heavy atom. The Bertz CT molecular complexity index is 469. The normalized spacial score (nSPS) is 13.3. The van der Waals surface area contributed by atoms with Crippen LogP contribution in [-0.2, 0) is 22.5 Å². The maximum atomic E-state index is 14.2. The minimum atomic E-state index is -0.318. The summed E-state index contributed by atoms with van der Waals surface area (Å²) in [7, 11) is 0. The summed E-state index contributed by atoms with van der Waals surface area (Å²) in [5.74, 6) is -0.635. The number of halogens is 2. The van der Waals surface area contributed by atoms with Crippen LogP contribution in [0.3, 0.4) is 0 Å². The van der Waals surface area contributed by atoms with E-state index < -0.39 is 0 Å². The molecule has 112 valence electrons. The summed E-state index contributed by atoms with van der Waals surface area (Å²) >= 11 is 0. The second kappa shape index (κ2) is 8.19. The van der Waals surface area contributed by atoms with Gasteiger partial charge in [0.15, 0.2) is 0 Å². The lowest BCUT2D eigenvalue weighted by Gasteiger charge is -2.19. The summed E-state index contributed by atoms with van der Waals surface area (Å²) in [6, 6.07) is 3.46. The average molecular weight is 303 g/mol. The van der Waals surface area contributed by atoms with Crippen molar-refractivity contribution in [2.45, 2.75) is 26.3 Å². The Labute approximate surface area is 124 Å². The summed E-state index contributed by atoms with van der Waals surface area (Å²) in [5.41, 5.74) is 1.90. The standard InChI is InChI=1S/C14H19FN2O2.ClH/c1-2-7-19-9-13(18)17-12-4-3-10-8-16-6-5-11(10)14(12)15;/h3-4,16H,2,5-9H2,1H3,(H,17,18);1H. The van der Waals surface area contributed by atoms with E-state index in [9.17, 15) is 9.18 Å². The molecule has 0 spiro atoms. The highest BCUT2D eigenvalue weighted by Crippen LogP contribution is 2.24. The molecule has 0 aromatic heterocycles. The quantitative estimate of drug-likeness (QED) is 0.820. The van der Waals surface area contributed by atoms with Crippen LogP contribution >= 0.6 is 12.4 Å². The Hall–Kier alpha value is -1.17. The Morgan fingerprint density at radius 3 is 3.05 bits per heavy atom. The third kappa shape index (κ3) is 4.16. The molecule has 2 rings (SSSR count). The summed E-state index contributed by atoms with van der Waals surface area (Å²) in [6.45, 7) is 3.91. The zero-order chi connectivity index (χ0) is 13.7. The summed E-state index contributed by atoms with van der Waals surface area (Å²) in [4.78, 5) is 11.6. The lowest BCUT2D eigenvalue weighted by atomic mass is 9.99. The summed E-state index contributed by atoms with van der Waals surface area (Å²) in [6.07, 6.45) is 1.50. The van der Waals surface area contributed by atoms with Crippen LogP contribution in [0.2, 0.25) is 0 Å². The monoisotopic (exact) mass is 302 g/mol. The molecule has 0 radical (unpaired) electrons. The Kier molecular flexibility index (Phi) is 6.91. The van der Waals surface area contributed by atoms with Crippen LogP contribution in [0.1, 0.15) is 24.5 Å². The van der Waals surface area contributed by atoms with Crippen molar-refractivity contribution < 1.29 is 13.9 Å². The molecule has 1 aromatic carbocycles. The number of carbonyl (C=O) groups excluding carboxylic acids is 1. The molecular weight excluding hydrogens is 283 g/mol. The maximum absolute atomic E-state index is 14.2. The molecule has 1 amide bonds. The second-order valence-electron chi connectivity index (χ2n) is 4.59. The predicted octanol–water partition coefficient (Wildman–Crippen LogP) is 2.26. The Morgan fingerprint density at radius 2 is 2.30 bits per heavy atom. The van der Waals surface area contributed by atoms with Gasteiger partial charge in [0.1, 0.15) is 12.4 Å². The van der Waals surface area contributed by atoms with Crippen molar-refractivity contribution in [3.63, 3.8) is 0 Å². The number of carbonyl (C=O) groups is 1. The van der Waals surface area contributed by atoms with Crippen molar-refractivity contribution in [2.24, 2.45) is 0 Å².